The summed E-state index contributed by atoms with van der Waals surface area (Å²) in [5.74, 6) is -0.438. The summed E-state index contributed by atoms with van der Waals surface area (Å²) in [4.78, 5) is 21.7. The van der Waals surface area contributed by atoms with Crippen molar-refractivity contribution in [2.45, 2.75) is 58.4 Å². The first kappa shape index (κ1) is 15.7. The van der Waals surface area contributed by atoms with E-state index in [1.165, 1.54) is 0 Å². The molecule has 2 amide bonds. The summed E-state index contributed by atoms with van der Waals surface area (Å²) in [5, 5.41) is 11.2. The van der Waals surface area contributed by atoms with Crippen molar-refractivity contribution in [3.63, 3.8) is 0 Å². The molecule has 100 valence electrons. The van der Waals surface area contributed by atoms with Crippen molar-refractivity contribution >= 4 is 12.0 Å². The van der Waals surface area contributed by atoms with Gasteiger partial charge in [0.2, 0.25) is 5.91 Å². The number of hydrogen-bond acceptors (Lipinski definition) is 2. The number of hydrogen-bond donors (Lipinski definition) is 3. The fraction of sp³-hybridized carbons (Fsp3) is 0.833. The Morgan fingerprint density at radius 2 is 1.88 bits per heavy atom. The Labute approximate surface area is 103 Å². The maximum absolute atomic E-state index is 11.1. The molecule has 5 heteroatoms. The molecule has 0 aliphatic heterocycles. The van der Waals surface area contributed by atoms with Gasteiger partial charge in [0.25, 0.3) is 0 Å². The molecular weight excluding hydrogens is 220 g/mol. The number of carbonyl (C=O) groups excluding carboxylic acids is 1. The average Bonchev–Trinajstić information content (AvgIpc) is 2.25. The van der Waals surface area contributed by atoms with Crippen LogP contribution in [0, 0.1) is 5.92 Å². The van der Waals surface area contributed by atoms with Crippen molar-refractivity contribution in [2.24, 2.45) is 11.7 Å². The monoisotopic (exact) mass is 244 g/mol. The lowest BCUT2D eigenvalue weighted by Crippen LogP contribution is -2.34. The van der Waals surface area contributed by atoms with Gasteiger partial charge in [0.05, 0.1) is 0 Å². The van der Waals surface area contributed by atoms with E-state index in [1.807, 2.05) is 6.92 Å². The third-order valence-corrected chi connectivity index (χ3v) is 2.99. The lowest BCUT2D eigenvalue weighted by atomic mass is 9.95. The van der Waals surface area contributed by atoms with Gasteiger partial charge in [-0.1, -0.05) is 26.7 Å². The van der Waals surface area contributed by atoms with E-state index in [0.717, 1.165) is 19.3 Å². The lowest BCUT2D eigenvalue weighted by Gasteiger charge is -2.18. The highest BCUT2D eigenvalue weighted by molar-refractivity contribution is 5.76. The summed E-state index contributed by atoms with van der Waals surface area (Å²) in [6.45, 7) is 3.98. The predicted octanol–water partition coefficient (Wildman–Crippen LogP) is 2.10. The normalized spacial score (nSPS) is 14.0. The van der Waals surface area contributed by atoms with Crippen LogP contribution in [0.4, 0.5) is 4.79 Å². The van der Waals surface area contributed by atoms with E-state index in [9.17, 15) is 9.59 Å². The van der Waals surface area contributed by atoms with Crippen LogP contribution in [0.5, 0.6) is 0 Å². The van der Waals surface area contributed by atoms with Gasteiger partial charge in [0, 0.05) is 12.0 Å². The summed E-state index contributed by atoms with van der Waals surface area (Å²) in [6.07, 6.45) is 3.87. The molecule has 0 saturated carbocycles. The number of nitrogens with two attached hydrogens (primary N) is 1. The molecule has 0 aromatic carbocycles. The largest absolute Gasteiger partial charge is 0.465 e. The molecule has 5 nitrogen and oxygen atoms in total. The minimum Gasteiger partial charge on any atom is -0.465 e. The Kier molecular flexibility index (Phi) is 8.19. The summed E-state index contributed by atoms with van der Waals surface area (Å²) < 4.78 is 0. The second-order valence-corrected chi connectivity index (χ2v) is 4.37. The van der Waals surface area contributed by atoms with Crippen molar-refractivity contribution < 1.29 is 14.7 Å². The summed E-state index contributed by atoms with van der Waals surface area (Å²) in [5.41, 5.74) is 5.26. The molecule has 17 heavy (non-hydrogen) atoms. The molecule has 0 aromatic heterocycles. The van der Waals surface area contributed by atoms with Gasteiger partial charge in [0.1, 0.15) is 0 Å². The molecule has 0 aromatic rings. The highest BCUT2D eigenvalue weighted by Gasteiger charge is 2.17. The van der Waals surface area contributed by atoms with E-state index in [4.69, 9.17) is 10.8 Å². The zero-order valence-corrected chi connectivity index (χ0v) is 10.7. The number of carbonyl (C=O) groups is 2. The Morgan fingerprint density at radius 3 is 2.29 bits per heavy atom. The molecule has 0 aliphatic rings. The Hall–Kier alpha value is -1.26. The van der Waals surface area contributed by atoms with E-state index in [2.05, 4.69) is 12.2 Å². The highest BCUT2D eigenvalue weighted by atomic mass is 16.4. The third kappa shape index (κ3) is 7.60. The first-order chi connectivity index (χ1) is 8.01. The number of amides is 2. The molecule has 0 aliphatic carbocycles. The minimum atomic E-state index is -1.00. The number of nitrogens with one attached hydrogen (secondary N) is 1. The maximum Gasteiger partial charge on any atom is 0.404 e. The smallest absolute Gasteiger partial charge is 0.404 e. The summed E-state index contributed by atoms with van der Waals surface area (Å²) in [6, 6.07) is -0.0687. The number of carboxylic acid groups (broad SMARTS) is 1. The van der Waals surface area contributed by atoms with E-state index >= 15 is 0 Å². The van der Waals surface area contributed by atoms with Crippen molar-refractivity contribution in [3.8, 4) is 0 Å². The third-order valence-electron chi connectivity index (χ3n) is 2.99. The molecule has 4 N–H and O–H groups in total. The van der Waals surface area contributed by atoms with Gasteiger partial charge >= 0.3 is 6.09 Å². The first-order valence-electron chi connectivity index (χ1n) is 6.30. The zero-order valence-electron chi connectivity index (χ0n) is 10.7. The second-order valence-electron chi connectivity index (χ2n) is 4.37. The molecule has 0 bridgehead atoms. The Morgan fingerprint density at radius 1 is 1.24 bits per heavy atom. The molecule has 0 fully saturated rings. The minimum absolute atomic E-state index is 0.0687. The zero-order chi connectivity index (χ0) is 13.3. The lowest BCUT2D eigenvalue weighted by molar-refractivity contribution is -0.122. The molecule has 0 saturated heterocycles. The van der Waals surface area contributed by atoms with Gasteiger partial charge in [-0.2, -0.15) is 0 Å². The molecule has 0 rings (SSSR count). The van der Waals surface area contributed by atoms with Crippen LogP contribution in [-0.4, -0.2) is 23.1 Å². The van der Waals surface area contributed by atoms with Crippen molar-refractivity contribution in [2.75, 3.05) is 0 Å². The molecule has 2 atom stereocenters. The quantitative estimate of drug-likeness (QED) is 0.580. The van der Waals surface area contributed by atoms with Crippen LogP contribution in [0.2, 0.25) is 0 Å². The van der Waals surface area contributed by atoms with Crippen LogP contribution in [0.25, 0.3) is 0 Å². The SMILES string of the molecule is CCCCC(CCC(CC)C(N)=O)NC(=O)O. The second kappa shape index (κ2) is 8.84. The van der Waals surface area contributed by atoms with Gasteiger partial charge in [0.15, 0.2) is 0 Å². The van der Waals surface area contributed by atoms with Crippen LogP contribution in [0.15, 0.2) is 0 Å². The summed E-state index contributed by atoms with van der Waals surface area (Å²) in [7, 11) is 0. The number of unbranched alkanes of at least 4 members (excludes halogenated alkanes) is 1. The van der Waals surface area contributed by atoms with E-state index in [0.29, 0.717) is 19.3 Å². The topological polar surface area (TPSA) is 92.4 Å². The van der Waals surface area contributed by atoms with Gasteiger partial charge in [-0.15, -0.1) is 0 Å². The Bertz CT molecular complexity index is 244. The highest BCUT2D eigenvalue weighted by Crippen LogP contribution is 2.15. The van der Waals surface area contributed by atoms with Crippen LogP contribution in [0.3, 0.4) is 0 Å². The van der Waals surface area contributed by atoms with Gasteiger partial charge in [-0.3, -0.25) is 4.79 Å². The Balaban J connectivity index is 4.12. The van der Waals surface area contributed by atoms with E-state index in [1.54, 1.807) is 0 Å². The average molecular weight is 244 g/mol. The molecule has 0 spiro atoms. The van der Waals surface area contributed by atoms with Gasteiger partial charge in [-0.05, 0) is 25.7 Å². The van der Waals surface area contributed by atoms with Crippen molar-refractivity contribution in [3.05, 3.63) is 0 Å². The fourth-order valence-electron chi connectivity index (χ4n) is 1.86. The van der Waals surface area contributed by atoms with Crippen LogP contribution in [0.1, 0.15) is 52.4 Å². The number of primary amides is 1. The molecular formula is C12H24N2O3. The first-order valence-corrected chi connectivity index (χ1v) is 6.30. The van der Waals surface area contributed by atoms with Crippen LogP contribution < -0.4 is 11.1 Å². The molecule has 0 heterocycles. The molecule has 2 unspecified atom stereocenters. The van der Waals surface area contributed by atoms with Crippen LogP contribution >= 0.6 is 0 Å². The standard InChI is InChI=1S/C12H24N2O3/c1-3-5-6-10(14-12(16)17)8-7-9(4-2)11(13)15/h9-10,14H,3-8H2,1-2H3,(H2,13,15)(H,16,17). The van der Waals surface area contributed by atoms with Gasteiger partial charge in [-0.25, -0.2) is 4.79 Å². The van der Waals surface area contributed by atoms with Gasteiger partial charge < -0.3 is 16.2 Å². The van der Waals surface area contributed by atoms with Crippen LogP contribution in [-0.2, 0) is 4.79 Å². The number of rotatable bonds is 9. The molecule has 0 radical (unpaired) electrons. The predicted molar refractivity (Wildman–Crippen MR) is 66.7 cm³/mol. The maximum atomic E-state index is 11.1. The van der Waals surface area contributed by atoms with Crippen molar-refractivity contribution in [1.29, 1.82) is 0 Å². The fourth-order valence-corrected chi connectivity index (χ4v) is 1.86. The van der Waals surface area contributed by atoms with Crippen molar-refractivity contribution in [1.82, 2.24) is 5.32 Å². The van der Waals surface area contributed by atoms with E-state index in [-0.39, 0.29) is 17.9 Å². The summed E-state index contributed by atoms with van der Waals surface area (Å²) >= 11 is 0. The van der Waals surface area contributed by atoms with E-state index < -0.39 is 6.09 Å².